The van der Waals surface area contributed by atoms with Gasteiger partial charge in [-0.25, -0.2) is 0 Å². The molecule has 12 heavy (non-hydrogen) atoms. The normalized spacial score (nSPS) is 24.2. The van der Waals surface area contributed by atoms with Gasteiger partial charge >= 0.3 is 0 Å². The maximum absolute atomic E-state index is 5.80. The minimum absolute atomic E-state index is 0.235. The summed E-state index contributed by atoms with van der Waals surface area (Å²) in [5.41, 5.74) is 18.0. The molecule has 0 unspecified atom stereocenters. The topological polar surface area (TPSA) is 78.1 Å². The van der Waals surface area contributed by atoms with Gasteiger partial charge in [0, 0.05) is 16.6 Å². The van der Waals surface area contributed by atoms with Crippen LogP contribution in [-0.4, -0.2) is 6.04 Å². The molecule has 1 atom stereocenters. The van der Waals surface area contributed by atoms with Crippen molar-refractivity contribution in [3.05, 3.63) is 22.2 Å². The number of nitrogens with two attached hydrogens (primary N) is 3. The summed E-state index contributed by atoms with van der Waals surface area (Å²) in [5.74, 6) is 0. The smallest absolute Gasteiger partial charge is 0.0627 e. The highest BCUT2D eigenvalue weighted by atomic mass is 32.2. The van der Waals surface area contributed by atoms with E-state index in [0.717, 1.165) is 29.9 Å². The Hall–Kier alpha value is -0.610. The molecule has 0 amide bonds. The maximum Gasteiger partial charge on any atom is 0.0627 e. The summed E-state index contributed by atoms with van der Waals surface area (Å²) in [6.45, 7) is 3.62. The number of hydrogen-bond donors (Lipinski definition) is 3. The third kappa shape index (κ3) is 2.46. The zero-order valence-electron chi connectivity index (χ0n) is 7.05. The first-order valence-corrected chi connectivity index (χ1v) is 4.76. The van der Waals surface area contributed by atoms with Gasteiger partial charge in [0.1, 0.15) is 0 Å². The lowest BCUT2D eigenvalue weighted by Gasteiger charge is -2.21. The highest BCUT2D eigenvalue weighted by Crippen LogP contribution is 2.32. The second kappa shape index (κ2) is 3.87. The summed E-state index contributed by atoms with van der Waals surface area (Å²) < 4.78 is 0. The summed E-state index contributed by atoms with van der Waals surface area (Å²) in [6, 6.07) is 0.235. The van der Waals surface area contributed by atoms with Crippen molar-refractivity contribution in [2.75, 3.05) is 0 Å². The number of hydrogen-bond acceptors (Lipinski definition) is 4. The van der Waals surface area contributed by atoms with Crippen LogP contribution in [-0.2, 0) is 0 Å². The Labute approximate surface area is 77.1 Å². The van der Waals surface area contributed by atoms with Gasteiger partial charge in [-0.3, -0.25) is 0 Å². The maximum atomic E-state index is 5.80. The molecule has 0 aromatic carbocycles. The average Bonchev–Trinajstić information content (AvgIpc) is 1.96. The van der Waals surface area contributed by atoms with Crippen LogP contribution in [0, 0.1) is 0 Å². The van der Waals surface area contributed by atoms with Crippen molar-refractivity contribution < 1.29 is 0 Å². The summed E-state index contributed by atoms with van der Waals surface area (Å²) in [5, 5.41) is 0.585. The molecule has 0 heterocycles. The van der Waals surface area contributed by atoms with Crippen LogP contribution in [0.15, 0.2) is 22.2 Å². The summed E-state index contributed by atoms with van der Waals surface area (Å²) >= 11 is 1.45. The third-order valence-electron chi connectivity index (χ3n) is 1.84. The quantitative estimate of drug-likeness (QED) is 0.595. The van der Waals surface area contributed by atoms with E-state index in [-0.39, 0.29) is 6.04 Å². The largest absolute Gasteiger partial charge is 0.401 e. The monoisotopic (exact) mass is 185 g/mol. The van der Waals surface area contributed by atoms with Crippen LogP contribution in [0.25, 0.3) is 0 Å². The summed E-state index contributed by atoms with van der Waals surface area (Å²) in [6.07, 6.45) is 2.70. The van der Waals surface area contributed by atoms with E-state index in [0.29, 0.717) is 5.03 Å². The van der Waals surface area contributed by atoms with E-state index >= 15 is 0 Å². The lowest BCUT2D eigenvalue weighted by atomic mass is 10.0. The molecule has 0 saturated heterocycles. The van der Waals surface area contributed by atoms with E-state index in [1.807, 2.05) is 0 Å². The van der Waals surface area contributed by atoms with E-state index in [1.54, 1.807) is 0 Å². The SMILES string of the molecule is C=C(N)SC1=C(N)CC[C@@H](N)C1. The first kappa shape index (κ1) is 9.48. The van der Waals surface area contributed by atoms with E-state index in [9.17, 15) is 0 Å². The van der Waals surface area contributed by atoms with Crippen molar-refractivity contribution in [2.45, 2.75) is 25.3 Å². The van der Waals surface area contributed by atoms with E-state index < -0.39 is 0 Å². The predicted molar refractivity (Wildman–Crippen MR) is 54.0 cm³/mol. The Balaban J connectivity index is 2.64. The molecule has 0 spiro atoms. The van der Waals surface area contributed by atoms with Crippen molar-refractivity contribution >= 4 is 11.8 Å². The number of thioether (sulfide) groups is 1. The lowest BCUT2D eigenvalue weighted by molar-refractivity contribution is 0.582. The van der Waals surface area contributed by atoms with Crippen molar-refractivity contribution in [3.63, 3.8) is 0 Å². The van der Waals surface area contributed by atoms with Crippen LogP contribution >= 0.6 is 11.8 Å². The molecular weight excluding hydrogens is 170 g/mol. The first-order valence-electron chi connectivity index (χ1n) is 3.95. The van der Waals surface area contributed by atoms with Gasteiger partial charge in [-0.15, -0.1) is 0 Å². The van der Waals surface area contributed by atoms with Gasteiger partial charge in [0.15, 0.2) is 0 Å². The van der Waals surface area contributed by atoms with Gasteiger partial charge in [-0.1, -0.05) is 18.3 Å². The van der Waals surface area contributed by atoms with E-state index in [1.165, 1.54) is 11.8 Å². The Morgan fingerprint density at radius 3 is 2.83 bits per heavy atom. The van der Waals surface area contributed by atoms with Crippen LogP contribution in [0.1, 0.15) is 19.3 Å². The van der Waals surface area contributed by atoms with Crippen LogP contribution in [0.4, 0.5) is 0 Å². The molecule has 0 radical (unpaired) electrons. The zero-order valence-corrected chi connectivity index (χ0v) is 7.86. The van der Waals surface area contributed by atoms with Crippen molar-refractivity contribution in [1.82, 2.24) is 0 Å². The van der Waals surface area contributed by atoms with E-state index in [4.69, 9.17) is 17.2 Å². The number of rotatable bonds is 2. The highest BCUT2D eigenvalue weighted by Gasteiger charge is 2.16. The second-order valence-corrected chi connectivity index (χ2v) is 4.24. The Morgan fingerprint density at radius 2 is 2.25 bits per heavy atom. The summed E-state index contributed by atoms with van der Waals surface area (Å²) in [7, 11) is 0. The minimum atomic E-state index is 0.235. The highest BCUT2D eigenvalue weighted by molar-refractivity contribution is 8.06. The molecular formula is C8H15N3S. The van der Waals surface area contributed by atoms with Crippen molar-refractivity contribution in [3.8, 4) is 0 Å². The van der Waals surface area contributed by atoms with Crippen LogP contribution in [0.3, 0.4) is 0 Å². The fourth-order valence-electron chi connectivity index (χ4n) is 1.22. The third-order valence-corrected chi connectivity index (χ3v) is 2.78. The predicted octanol–water partition coefficient (Wildman–Crippen LogP) is 0.831. The van der Waals surface area contributed by atoms with Crippen molar-refractivity contribution in [2.24, 2.45) is 17.2 Å². The van der Waals surface area contributed by atoms with Gasteiger partial charge in [0.2, 0.25) is 0 Å². The van der Waals surface area contributed by atoms with Crippen molar-refractivity contribution in [1.29, 1.82) is 0 Å². The lowest BCUT2D eigenvalue weighted by Crippen LogP contribution is -2.25. The molecule has 68 valence electrons. The standard InChI is InChI=1S/C8H15N3S/c1-5(9)12-8-4-6(10)2-3-7(8)11/h6H,1-4,9-11H2/t6-/m1/s1. The summed E-state index contributed by atoms with van der Waals surface area (Å²) in [4.78, 5) is 1.10. The molecule has 0 saturated carbocycles. The van der Waals surface area contributed by atoms with Crippen LogP contribution < -0.4 is 17.2 Å². The van der Waals surface area contributed by atoms with Gasteiger partial charge in [-0.05, 0) is 19.3 Å². The van der Waals surface area contributed by atoms with E-state index in [2.05, 4.69) is 6.58 Å². The second-order valence-electron chi connectivity index (χ2n) is 3.02. The molecule has 1 aliphatic rings. The fraction of sp³-hybridized carbons (Fsp3) is 0.500. The molecule has 1 rings (SSSR count). The van der Waals surface area contributed by atoms with Gasteiger partial charge in [0.25, 0.3) is 0 Å². The molecule has 4 heteroatoms. The molecule has 0 aliphatic heterocycles. The molecule has 0 aromatic rings. The van der Waals surface area contributed by atoms with Crippen LogP contribution in [0.2, 0.25) is 0 Å². The van der Waals surface area contributed by atoms with Gasteiger partial charge < -0.3 is 17.2 Å². The number of allylic oxidation sites excluding steroid dienone is 1. The molecule has 0 aromatic heterocycles. The molecule has 6 N–H and O–H groups in total. The average molecular weight is 185 g/mol. The molecule has 0 fully saturated rings. The Morgan fingerprint density at radius 1 is 1.58 bits per heavy atom. The molecule has 1 aliphatic carbocycles. The molecule has 0 bridgehead atoms. The first-order chi connectivity index (χ1) is 5.59. The Bertz CT molecular complexity index is 222. The minimum Gasteiger partial charge on any atom is -0.401 e. The zero-order chi connectivity index (χ0) is 9.14. The fourth-order valence-corrected chi connectivity index (χ4v) is 2.06. The van der Waals surface area contributed by atoms with Gasteiger partial charge in [-0.2, -0.15) is 0 Å². The van der Waals surface area contributed by atoms with Gasteiger partial charge in [0.05, 0.1) is 5.03 Å². The molecule has 3 nitrogen and oxygen atoms in total. The Kier molecular flexibility index (Phi) is 3.05. The van der Waals surface area contributed by atoms with Crippen LogP contribution in [0.5, 0.6) is 0 Å².